The Balaban J connectivity index is 1.44. The van der Waals surface area contributed by atoms with Crippen molar-refractivity contribution < 1.29 is 13.6 Å². The first-order chi connectivity index (χ1) is 13.2. The maximum absolute atomic E-state index is 12.9. The lowest BCUT2D eigenvalue weighted by atomic mass is 10.2. The van der Waals surface area contributed by atoms with Crippen molar-refractivity contribution in [3.8, 4) is 11.5 Å². The molecule has 4 nitrogen and oxygen atoms in total. The van der Waals surface area contributed by atoms with Crippen molar-refractivity contribution in [2.24, 2.45) is 0 Å². The second-order valence-electron chi connectivity index (χ2n) is 5.86. The number of rotatable bonds is 5. The smallest absolute Gasteiger partial charge is 0.234 e. The number of fused-ring (bicyclic) bond motifs is 1. The Morgan fingerprint density at radius 3 is 2.67 bits per heavy atom. The molecule has 0 aliphatic carbocycles. The maximum Gasteiger partial charge on any atom is 0.234 e. The number of anilines is 1. The Labute approximate surface area is 159 Å². The van der Waals surface area contributed by atoms with Crippen molar-refractivity contribution in [3.05, 3.63) is 78.6 Å². The fraction of sp³-hybridized carbons (Fsp3) is 0.0476. The van der Waals surface area contributed by atoms with Gasteiger partial charge in [0.2, 0.25) is 11.8 Å². The lowest BCUT2D eigenvalue weighted by Crippen LogP contribution is -2.13. The van der Waals surface area contributed by atoms with Crippen molar-refractivity contribution in [3.63, 3.8) is 0 Å². The third kappa shape index (κ3) is 4.17. The van der Waals surface area contributed by atoms with Gasteiger partial charge in [0.15, 0.2) is 5.58 Å². The van der Waals surface area contributed by atoms with E-state index < -0.39 is 0 Å². The molecule has 4 aromatic rings. The van der Waals surface area contributed by atoms with Crippen LogP contribution in [0.2, 0.25) is 0 Å². The van der Waals surface area contributed by atoms with Crippen LogP contribution < -0.4 is 5.32 Å². The molecule has 1 N–H and O–H groups in total. The van der Waals surface area contributed by atoms with Gasteiger partial charge in [-0.1, -0.05) is 18.2 Å². The summed E-state index contributed by atoms with van der Waals surface area (Å²) in [6, 6.07) is 21.0. The Bertz CT molecular complexity index is 1060. The van der Waals surface area contributed by atoms with Gasteiger partial charge in [-0.2, -0.15) is 0 Å². The minimum absolute atomic E-state index is 0.140. The quantitative estimate of drug-likeness (QED) is 0.475. The van der Waals surface area contributed by atoms with Crippen LogP contribution in [0.1, 0.15) is 0 Å². The molecule has 134 valence electrons. The molecular weight excluding hydrogens is 363 g/mol. The maximum atomic E-state index is 12.9. The number of hydrogen-bond donors (Lipinski definition) is 1. The molecule has 0 radical (unpaired) electrons. The molecule has 3 aromatic carbocycles. The van der Waals surface area contributed by atoms with E-state index in [4.69, 9.17) is 4.42 Å². The number of carbonyl (C=O) groups is 1. The Morgan fingerprint density at radius 1 is 1.04 bits per heavy atom. The van der Waals surface area contributed by atoms with E-state index in [1.807, 2.05) is 48.5 Å². The highest BCUT2D eigenvalue weighted by atomic mass is 32.2. The molecule has 1 aromatic heterocycles. The largest absolute Gasteiger partial charge is 0.436 e. The molecule has 6 heteroatoms. The Hall–Kier alpha value is -3.12. The van der Waals surface area contributed by atoms with Crippen LogP contribution in [0.25, 0.3) is 22.6 Å². The summed E-state index contributed by atoms with van der Waals surface area (Å²) in [4.78, 5) is 17.5. The minimum atomic E-state index is -0.292. The number of carbonyl (C=O) groups excluding carboxylic acids is 1. The molecular formula is C21H15FN2O2S. The van der Waals surface area contributed by atoms with E-state index in [2.05, 4.69) is 10.3 Å². The SMILES string of the molecule is O=C(CSc1ccc(F)cc1)Nc1cccc(-c2nc3ccccc3o2)c1. The fourth-order valence-corrected chi connectivity index (χ4v) is 3.30. The van der Waals surface area contributed by atoms with Crippen molar-refractivity contribution in [1.29, 1.82) is 0 Å². The molecule has 0 fully saturated rings. The van der Waals surface area contributed by atoms with Crippen LogP contribution in [0.15, 0.2) is 82.1 Å². The summed E-state index contributed by atoms with van der Waals surface area (Å²) < 4.78 is 18.7. The standard InChI is InChI=1S/C21H15FN2O2S/c22-15-8-10-17(11-9-15)27-13-20(25)23-16-5-3-4-14(12-16)21-24-18-6-1-2-7-19(18)26-21/h1-12H,13H2,(H,23,25). The zero-order chi connectivity index (χ0) is 18.6. The molecule has 0 aliphatic rings. The third-order valence-corrected chi connectivity index (χ3v) is 4.88. The summed E-state index contributed by atoms with van der Waals surface area (Å²) in [6.07, 6.45) is 0. The van der Waals surface area contributed by atoms with Gasteiger partial charge in [0.05, 0.1) is 5.75 Å². The first kappa shape index (κ1) is 17.3. The molecule has 0 unspecified atom stereocenters. The van der Waals surface area contributed by atoms with Gasteiger partial charge in [0.25, 0.3) is 0 Å². The van der Waals surface area contributed by atoms with Crippen LogP contribution in [-0.4, -0.2) is 16.6 Å². The number of aromatic nitrogens is 1. The summed E-state index contributed by atoms with van der Waals surface area (Å²) in [5.41, 5.74) is 2.96. The number of hydrogen-bond acceptors (Lipinski definition) is 4. The van der Waals surface area contributed by atoms with Crippen LogP contribution >= 0.6 is 11.8 Å². The highest BCUT2D eigenvalue weighted by Gasteiger charge is 2.10. The molecule has 4 rings (SSSR count). The number of nitrogens with zero attached hydrogens (tertiary/aromatic N) is 1. The Morgan fingerprint density at radius 2 is 1.85 bits per heavy atom. The van der Waals surface area contributed by atoms with Gasteiger partial charge in [-0.15, -0.1) is 11.8 Å². The topological polar surface area (TPSA) is 55.1 Å². The number of para-hydroxylation sites is 2. The second kappa shape index (κ2) is 7.63. The third-order valence-electron chi connectivity index (χ3n) is 3.87. The number of halogens is 1. The zero-order valence-corrected chi connectivity index (χ0v) is 15.0. The molecule has 0 saturated carbocycles. The van der Waals surface area contributed by atoms with Gasteiger partial charge >= 0.3 is 0 Å². The molecule has 1 amide bonds. The summed E-state index contributed by atoms with van der Waals surface area (Å²) in [5, 5.41) is 2.86. The van der Waals surface area contributed by atoms with Gasteiger partial charge in [-0.05, 0) is 54.6 Å². The van der Waals surface area contributed by atoms with Crippen LogP contribution in [-0.2, 0) is 4.79 Å². The molecule has 0 saturated heterocycles. The fourth-order valence-electron chi connectivity index (χ4n) is 2.60. The molecule has 0 aliphatic heterocycles. The first-order valence-corrected chi connectivity index (χ1v) is 9.30. The number of oxazole rings is 1. The summed E-state index contributed by atoms with van der Waals surface area (Å²) >= 11 is 1.35. The van der Waals surface area contributed by atoms with Gasteiger partial charge < -0.3 is 9.73 Å². The summed E-state index contributed by atoms with van der Waals surface area (Å²) in [6.45, 7) is 0. The average Bonchev–Trinajstić information content (AvgIpc) is 3.12. The van der Waals surface area contributed by atoms with Crippen molar-refractivity contribution in [1.82, 2.24) is 4.98 Å². The Kier molecular flexibility index (Phi) is 4.89. The predicted octanol–water partition coefficient (Wildman–Crippen LogP) is 5.36. The van der Waals surface area contributed by atoms with Crippen molar-refractivity contribution in [2.45, 2.75) is 4.90 Å². The van der Waals surface area contributed by atoms with Crippen LogP contribution in [0.4, 0.5) is 10.1 Å². The number of thioether (sulfide) groups is 1. The lowest BCUT2D eigenvalue weighted by molar-refractivity contribution is -0.113. The molecule has 0 atom stereocenters. The normalized spacial score (nSPS) is 10.9. The molecule has 0 spiro atoms. The number of amides is 1. The van der Waals surface area contributed by atoms with Gasteiger partial charge in [0.1, 0.15) is 11.3 Å². The van der Waals surface area contributed by atoms with Gasteiger partial charge in [0, 0.05) is 16.1 Å². The second-order valence-corrected chi connectivity index (χ2v) is 6.91. The van der Waals surface area contributed by atoms with E-state index in [-0.39, 0.29) is 17.5 Å². The predicted molar refractivity (Wildman–Crippen MR) is 105 cm³/mol. The number of nitrogens with one attached hydrogen (secondary N) is 1. The average molecular weight is 378 g/mol. The van der Waals surface area contributed by atoms with Crippen LogP contribution in [0.3, 0.4) is 0 Å². The summed E-state index contributed by atoms with van der Waals surface area (Å²) in [5.74, 6) is 0.311. The van der Waals surface area contributed by atoms with E-state index in [1.165, 1.54) is 23.9 Å². The highest BCUT2D eigenvalue weighted by molar-refractivity contribution is 8.00. The van der Waals surface area contributed by atoms with E-state index in [1.54, 1.807) is 12.1 Å². The van der Waals surface area contributed by atoms with Gasteiger partial charge in [-0.3, -0.25) is 4.79 Å². The van der Waals surface area contributed by atoms with E-state index >= 15 is 0 Å². The molecule has 1 heterocycles. The van der Waals surface area contributed by atoms with Crippen molar-refractivity contribution in [2.75, 3.05) is 11.1 Å². The lowest BCUT2D eigenvalue weighted by Gasteiger charge is -2.06. The molecule has 0 bridgehead atoms. The first-order valence-electron chi connectivity index (χ1n) is 8.32. The number of benzene rings is 3. The summed E-state index contributed by atoms with van der Waals surface area (Å²) in [7, 11) is 0. The van der Waals surface area contributed by atoms with E-state index in [0.717, 1.165) is 21.6 Å². The van der Waals surface area contributed by atoms with Crippen LogP contribution in [0, 0.1) is 5.82 Å². The zero-order valence-electron chi connectivity index (χ0n) is 14.2. The van der Waals surface area contributed by atoms with Gasteiger partial charge in [-0.25, -0.2) is 9.37 Å². The minimum Gasteiger partial charge on any atom is -0.436 e. The molecule has 27 heavy (non-hydrogen) atoms. The van der Waals surface area contributed by atoms with E-state index in [0.29, 0.717) is 11.6 Å². The van der Waals surface area contributed by atoms with Crippen LogP contribution in [0.5, 0.6) is 0 Å². The monoisotopic (exact) mass is 378 g/mol. The van der Waals surface area contributed by atoms with Crippen molar-refractivity contribution >= 4 is 34.5 Å². The van der Waals surface area contributed by atoms with E-state index in [9.17, 15) is 9.18 Å². The highest BCUT2D eigenvalue weighted by Crippen LogP contribution is 2.26.